The average Bonchev–Trinajstić information content (AvgIpc) is 3.52. The molecule has 2 aromatic rings. The maximum Gasteiger partial charge on any atom is 0.251 e. The lowest BCUT2D eigenvalue weighted by molar-refractivity contribution is 0.0739. The van der Waals surface area contributed by atoms with Crippen molar-refractivity contribution in [2.45, 2.75) is 90.9 Å². The lowest BCUT2D eigenvalue weighted by atomic mass is 9.97. The molecule has 0 spiro atoms. The molecule has 0 bridgehead atoms. The second-order valence-corrected chi connectivity index (χ2v) is 14.1. The lowest BCUT2D eigenvalue weighted by Gasteiger charge is -2.42. The number of nitrogens with two attached hydrogens (primary N) is 1. The topological polar surface area (TPSA) is 140 Å². The molecule has 1 aromatic carbocycles. The van der Waals surface area contributed by atoms with E-state index >= 15 is 0 Å². The van der Waals surface area contributed by atoms with Gasteiger partial charge in [0.15, 0.2) is 11.5 Å². The molecule has 1 aromatic heterocycles. The zero-order valence-electron chi connectivity index (χ0n) is 30.1. The Bertz CT molecular complexity index is 1590. The van der Waals surface area contributed by atoms with Gasteiger partial charge < -0.3 is 35.8 Å². The number of nitrogens with one attached hydrogen (secondary N) is 2. The minimum atomic E-state index is -0.125. The number of nitrogens with zero attached hydrogens (tertiary/aromatic N) is 7. The number of methoxy groups -OCH3 is 1. The number of carbonyl (C=O) groups is 1. The molecule has 12 nitrogen and oxygen atoms in total. The minimum absolute atomic E-state index is 0.0500. The number of benzene rings is 1. The smallest absolute Gasteiger partial charge is 0.251 e. The van der Waals surface area contributed by atoms with Gasteiger partial charge in [0.05, 0.1) is 24.5 Å². The maximum atomic E-state index is 13.3. The average molecular weight is 671 g/mol. The highest BCUT2D eigenvalue weighted by atomic mass is 16.5. The summed E-state index contributed by atoms with van der Waals surface area (Å²) in [4.78, 5) is 30.0. The molecule has 4 heterocycles. The molecule has 264 valence electrons. The summed E-state index contributed by atoms with van der Waals surface area (Å²) in [5.41, 5.74) is 9.10. The predicted octanol–water partition coefficient (Wildman–Crippen LogP) is 4.99. The van der Waals surface area contributed by atoms with Crippen LogP contribution in [0.1, 0.15) is 94.5 Å². The first-order valence-corrected chi connectivity index (χ1v) is 17.8. The summed E-state index contributed by atoms with van der Waals surface area (Å²) < 4.78 is 7.54. The van der Waals surface area contributed by atoms with E-state index in [1.165, 1.54) is 38.7 Å². The van der Waals surface area contributed by atoms with E-state index in [-0.39, 0.29) is 24.0 Å². The number of nitriles is 1. The Balaban J connectivity index is 1.22. The molecule has 0 saturated carbocycles. The number of aromatic nitrogens is 2. The van der Waals surface area contributed by atoms with Crippen LogP contribution in [0.15, 0.2) is 48.1 Å². The Labute approximate surface area is 291 Å². The molecule has 49 heavy (non-hydrogen) atoms. The van der Waals surface area contributed by atoms with Gasteiger partial charge in [0, 0.05) is 49.5 Å². The monoisotopic (exact) mass is 670 g/mol. The summed E-state index contributed by atoms with van der Waals surface area (Å²) in [6.45, 7) is 20.6. The number of hydrogen-bond acceptors (Lipinski definition) is 9. The first kappa shape index (κ1) is 36.0. The van der Waals surface area contributed by atoms with Crippen LogP contribution >= 0.6 is 0 Å². The summed E-state index contributed by atoms with van der Waals surface area (Å²) in [6, 6.07) is 8.31. The van der Waals surface area contributed by atoms with Gasteiger partial charge in [0.25, 0.3) is 5.91 Å². The van der Waals surface area contributed by atoms with Crippen LogP contribution in [-0.2, 0) is 0 Å². The second-order valence-electron chi connectivity index (χ2n) is 14.1. The fourth-order valence-electron chi connectivity index (χ4n) is 7.65. The third-order valence-electron chi connectivity index (χ3n) is 9.94. The number of likely N-dealkylation sites (tertiary alicyclic amines) is 2. The number of amides is 1. The van der Waals surface area contributed by atoms with Gasteiger partial charge in [0.2, 0.25) is 0 Å². The van der Waals surface area contributed by atoms with Gasteiger partial charge in [0.1, 0.15) is 29.7 Å². The molecule has 3 aliphatic rings. The summed E-state index contributed by atoms with van der Waals surface area (Å²) in [5.74, 6) is 2.11. The van der Waals surface area contributed by atoms with Gasteiger partial charge in [-0.25, -0.2) is 9.98 Å². The highest BCUT2D eigenvalue weighted by molar-refractivity contribution is 6.18. The molecule has 12 heteroatoms. The number of amidine groups is 1. The molecular weight excluding hydrogens is 616 g/mol. The van der Waals surface area contributed by atoms with E-state index in [2.05, 4.69) is 77.6 Å². The van der Waals surface area contributed by atoms with Crippen molar-refractivity contribution < 1.29 is 9.53 Å². The van der Waals surface area contributed by atoms with Crippen molar-refractivity contribution >= 4 is 23.1 Å². The number of imidazole rings is 1. The van der Waals surface area contributed by atoms with Gasteiger partial charge in [-0.05, 0) is 83.2 Å². The van der Waals surface area contributed by atoms with E-state index in [1.807, 2.05) is 10.6 Å². The third-order valence-corrected chi connectivity index (χ3v) is 9.94. The zero-order valence-corrected chi connectivity index (χ0v) is 30.1. The molecule has 0 unspecified atom stereocenters. The van der Waals surface area contributed by atoms with Gasteiger partial charge in [-0.1, -0.05) is 27.4 Å². The fourth-order valence-corrected chi connectivity index (χ4v) is 7.65. The van der Waals surface area contributed by atoms with Crippen molar-refractivity contribution in [3.63, 3.8) is 0 Å². The fraction of sp³-hybridized carbons (Fsp3) is 0.568. The van der Waals surface area contributed by atoms with Crippen LogP contribution in [0.4, 0.5) is 5.69 Å². The Hall–Kier alpha value is -4.34. The molecule has 5 rings (SSSR count). The highest BCUT2D eigenvalue weighted by Gasteiger charge is 2.38. The van der Waals surface area contributed by atoms with Crippen molar-refractivity contribution in [2.24, 2.45) is 16.6 Å². The van der Waals surface area contributed by atoms with Crippen molar-refractivity contribution in [2.75, 3.05) is 45.2 Å². The van der Waals surface area contributed by atoms with Gasteiger partial charge >= 0.3 is 0 Å². The SMILES string of the molecule is C=C(/N=C1\C(=C/N)n2cnc(C#N)c2[C@@H](CC)N1C(C)C)Nc1ccc(C(=O)NC2CCN(C3CCN(CC(C)C)CC3)CC2)cc1OC. The second kappa shape index (κ2) is 15.9. The van der Waals surface area contributed by atoms with Gasteiger partial charge in [-0.15, -0.1) is 0 Å². The maximum absolute atomic E-state index is 13.3. The van der Waals surface area contributed by atoms with Gasteiger partial charge in [-0.2, -0.15) is 5.26 Å². The van der Waals surface area contributed by atoms with Gasteiger partial charge in [-0.3, -0.25) is 9.36 Å². The van der Waals surface area contributed by atoms with Crippen molar-refractivity contribution in [3.05, 3.63) is 60.1 Å². The minimum Gasteiger partial charge on any atom is -0.495 e. The quantitative estimate of drug-likeness (QED) is 0.302. The molecule has 0 aliphatic carbocycles. The predicted molar refractivity (Wildman–Crippen MR) is 195 cm³/mol. The molecule has 3 aliphatic heterocycles. The largest absolute Gasteiger partial charge is 0.495 e. The first-order chi connectivity index (χ1) is 23.6. The van der Waals surface area contributed by atoms with E-state index in [4.69, 9.17) is 15.5 Å². The third kappa shape index (κ3) is 7.94. The number of carbonyl (C=O) groups excluding carboxylic acids is 1. The normalized spacial score (nSPS) is 21.3. The number of anilines is 1. The Morgan fingerprint density at radius 3 is 2.49 bits per heavy atom. The van der Waals surface area contributed by atoms with Crippen LogP contribution in [-0.4, -0.2) is 94.0 Å². The number of piperidine rings is 2. The van der Waals surface area contributed by atoms with Crippen LogP contribution in [0.25, 0.3) is 5.70 Å². The molecule has 2 fully saturated rings. The van der Waals surface area contributed by atoms with Crippen LogP contribution in [0.3, 0.4) is 0 Å². The molecule has 2 saturated heterocycles. The van der Waals surface area contributed by atoms with Crippen LogP contribution in [0.5, 0.6) is 5.75 Å². The summed E-state index contributed by atoms with van der Waals surface area (Å²) in [5, 5.41) is 16.3. The molecular formula is C37H54N10O2. The van der Waals surface area contributed by atoms with Crippen LogP contribution in [0, 0.1) is 17.2 Å². The standard InChI is InChI=1S/C37H54N10O2/c1-8-32-35-31(20-38)40-23-46(35)33(21-39)36(47(32)25(4)5)42-26(6)41-30-10-9-27(19-34(30)49-7)37(48)43-28-11-17-45(18-12-28)29-13-15-44(16-14-29)22-24(2)3/h9-10,19,21,23-25,28-29,32,41H,6,8,11-18,22,39H2,1-5,7H3,(H,43,48)/b33-21+,42-36+/t32-/m1/s1. The summed E-state index contributed by atoms with van der Waals surface area (Å²) >= 11 is 0. The number of fused-ring (bicyclic) bond motifs is 1. The van der Waals surface area contributed by atoms with Crippen LogP contribution < -0.4 is 21.1 Å². The van der Waals surface area contributed by atoms with Crippen LogP contribution in [0.2, 0.25) is 0 Å². The van der Waals surface area contributed by atoms with E-state index in [9.17, 15) is 10.1 Å². The first-order valence-electron chi connectivity index (χ1n) is 17.8. The number of rotatable bonds is 11. The summed E-state index contributed by atoms with van der Waals surface area (Å²) in [7, 11) is 1.58. The van der Waals surface area contributed by atoms with Crippen molar-refractivity contribution in [1.29, 1.82) is 5.26 Å². The molecule has 0 radical (unpaired) electrons. The Kier molecular flexibility index (Phi) is 11.7. The zero-order chi connectivity index (χ0) is 35.2. The molecule has 1 amide bonds. The Morgan fingerprint density at radius 1 is 1.18 bits per heavy atom. The number of hydrogen-bond donors (Lipinski definition) is 3. The summed E-state index contributed by atoms with van der Waals surface area (Å²) in [6.07, 6.45) is 8.22. The van der Waals surface area contributed by atoms with Crippen molar-refractivity contribution in [1.82, 2.24) is 29.6 Å². The van der Waals surface area contributed by atoms with Crippen molar-refractivity contribution in [3.8, 4) is 11.8 Å². The molecule has 4 N–H and O–H groups in total. The number of ether oxygens (including phenoxy) is 1. The lowest BCUT2D eigenvalue weighted by Crippen LogP contribution is -2.51. The number of aliphatic imine (C=N–C) groups is 1. The highest BCUT2D eigenvalue weighted by Crippen LogP contribution is 2.38. The van der Waals surface area contributed by atoms with E-state index < -0.39 is 0 Å². The van der Waals surface area contributed by atoms with E-state index in [0.29, 0.717) is 52.0 Å². The van der Waals surface area contributed by atoms with E-state index in [1.54, 1.807) is 25.6 Å². The van der Waals surface area contributed by atoms with E-state index in [0.717, 1.165) is 38.0 Å². The molecule has 1 atom stereocenters. The Morgan fingerprint density at radius 2 is 1.90 bits per heavy atom.